The van der Waals surface area contributed by atoms with Crippen molar-refractivity contribution in [3.05, 3.63) is 52.0 Å². The lowest BCUT2D eigenvalue weighted by atomic mass is 10.1. The minimum atomic E-state index is -0.0534. The predicted octanol–water partition coefficient (Wildman–Crippen LogP) is 4.08. The van der Waals surface area contributed by atoms with Crippen molar-refractivity contribution >= 4 is 34.9 Å². The maximum atomic E-state index is 12.5. The lowest BCUT2D eigenvalue weighted by molar-refractivity contribution is 0.194. The van der Waals surface area contributed by atoms with Crippen molar-refractivity contribution in [2.75, 3.05) is 51.8 Å². The highest BCUT2D eigenvalue weighted by atomic mass is 35.5. The van der Waals surface area contributed by atoms with E-state index in [-0.39, 0.29) is 6.03 Å². The van der Waals surface area contributed by atoms with Gasteiger partial charge in [-0.2, -0.15) is 0 Å². The number of halogens is 2. The van der Waals surface area contributed by atoms with Gasteiger partial charge in [0.05, 0.1) is 30.0 Å². The van der Waals surface area contributed by atoms with Crippen LogP contribution in [0.1, 0.15) is 5.56 Å². The second-order valence-electron chi connectivity index (χ2n) is 6.72. The summed E-state index contributed by atoms with van der Waals surface area (Å²) in [7, 11) is 3.22. The summed E-state index contributed by atoms with van der Waals surface area (Å²) in [5.74, 6) is 1.38. The molecule has 3 rings (SSSR count). The summed E-state index contributed by atoms with van der Waals surface area (Å²) in [4.78, 5) is 16.5. The van der Waals surface area contributed by atoms with Crippen molar-refractivity contribution in [1.29, 1.82) is 0 Å². The molecule has 2 amide bonds. The van der Waals surface area contributed by atoms with E-state index in [9.17, 15) is 4.79 Å². The highest BCUT2D eigenvalue weighted by Gasteiger charge is 2.22. The monoisotopic (exact) mass is 437 g/mol. The molecule has 1 saturated heterocycles. The van der Waals surface area contributed by atoms with E-state index in [1.165, 1.54) is 0 Å². The Hall–Kier alpha value is -2.31. The molecule has 2 aromatic carbocycles. The molecule has 2 aromatic rings. The Morgan fingerprint density at radius 3 is 2.45 bits per heavy atom. The molecule has 1 fully saturated rings. The number of anilines is 1. The molecule has 1 N–H and O–H groups in total. The summed E-state index contributed by atoms with van der Waals surface area (Å²) in [6.45, 7) is 3.23. The molecule has 8 heteroatoms. The molecule has 0 unspecified atom stereocenters. The van der Waals surface area contributed by atoms with Crippen LogP contribution in [0, 0.1) is 0 Å². The molecule has 1 aliphatic heterocycles. The van der Waals surface area contributed by atoms with Gasteiger partial charge in [-0.05, 0) is 36.2 Å². The molecule has 0 aliphatic carbocycles. The molecule has 0 atom stereocenters. The average Bonchev–Trinajstić information content (AvgIpc) is 2.75. The number of amides is 2. The minimum Gasteiger partial charge on any atom is -0.493 e. The number of ether oxygens (including phenoxy) is 2. The van der Waals surface area contributed by atoms with Crippen LogP contribution in [0.15, 0.2) is 36.4 Å². The summed E-state index contributed by atoms with van der Waals surface area (Å²) >= 11 is 12.4. The molecule has 0 radical (unpaired) electrons. The number of methoxy groups -OCH3 is 2. The van der Waals surface area contributed by atoms with Gasteiger partial charge < -0.3 is 24.6 Å². The molecule has 6 nitrogen and oxygen atoms in total. The third-order valence-electron chi connectivity index (χ3n) is 4.98. The second-order valence-corrected chi connectivity index (χ2v) is 7.50. The predicted molar refractivity (Wildman–Crippen MR) is 117 cm³/mol. The van der Waals surface area contributed by atoms with Gasteiger partial charge in [-0.25, -0.2) is 4.79 Å². The topological polar surface area (TPSA) is 54.0 Å². The van der Waals surface area contributed by atoms with Crippen LogP contribution in [0.5, 0.6) is 11.5 Å². The van der Waals surface area contributed by atoms with Crippen LogP contribution in [0.2, 0.25) is 10.0 Å². The first-order valence-electron chi connectivity index (χ1n) is 9.46. The molecule has 29 heavy (non-hydrogen) atoms. The third kappa shape index (κ3) is 5.19. The van der Waals surface area contributed by atoms with Crippen molar-refractivity contribution in [3.8, 4) is 11.5 Å². The maximum Gasteiger partial charge on any atom is 0.317 e. The van der Waals surface area contributed by atoms with Crippen molar-refractivity contribution in [2.24, 2.45) is 0 Å². The number of benzene rings is 2. The summed E-state index contributed by atoms with van der Waals surface area (Å²) < 4.78 is 10.6. The molecule has 0 bridgehead atoms. The number of hydrogen-bond acceptors (Lipinski definition) is 4. The molecule has 0 spiro atoms. The number of rotatable bonds is 6. The zero-order chi connectivity index (χ0) is 20.8. The van der Waals surface area contributed by atoms with Gasteiger partial charge in [-0.3, -0.25) is 0 Å². The van der Waals surface area contributed by atoms with Crippen molar-refractivity contribution in [3.63, 3.8) is 0 Å². The van der Waals surface area contributed by atoms with E-state index in [2.05, 4.69) is 10.2 Å². The molecule has 156 valence electrons. The van der Waals surface area contributed by atoms with E-state index in [0.29, 0.717) is 60.7 Å². The Kier molecular flexibility index (Phi) is 7.34. The number of nitrogens with one attached hydrogen (secondary N) is 1. The fraction of sp³-hybridized carbons (Fsp3) is 0.381. The van der Waals surface area contributed by atoms with E-state index in [4.69, 9.17) is 32.7 Å². The standard InChI is InChI=1S/C21H25Cl2N3O3/c1-28-18-7-6-15(14-19(18)29-2)8-9-24-21(27)26-12-10-25(11-13-26)17-5-3-4-16(22)20(17)23/h3-7,14H,8-13H2,1-2H3,(H,24,27). The van der Waals surface area contributed by atoms with Crippen LogP contribution in [0.3, 0.4) is 0 Å². The van der Waals surface area contributed by atoms with E-state index in [0.717, 1.165) is 11.3 Å². The minimum absolute atomic E-state index is 0.0534. The molecule has 0 aromatic heterocycles. The Balaban J connectivity index is 1.47. The number of nitrogens with zero attached hydrogens (tertiary/aromatic N) is 2. The Morgan fingerprint density at radius 1 is 1.03 bits per heavy atom. The lowest BCUT2D eigenvalue weighted by Gasteiger charge is -2.36. The van der Waals surface area contributed by atoms with E-state index in [1.807, 2.05) is 35.2 Å². The Morgan fingerprint density at radius 2 is 1.76 bits per heavy atom. The number of urea groups is 1. The van der Waals surface area contributed by atoms with Crippen LogP contribution in [0.25, 0.3) is 0 Å². The van der Waals surface area contributed by atoms with Gasteiger partial charge in [0, 0.05) is 32.7 Å². The van der Waals surface area contributed by atoms with Gasteiger partial charge in [0.2, 0.25) is 0 Å². The molecule has 1 heterocycles. The quantitative estimate of drug-likeness (QED) is 0.739. The lowest BCUT2D eigenvalue weighted by Crippen LogP contribution is -2.52. The second kappa shape index (κ2) is 9.94. The summed E-state index contributed by atoms with van der Waals surface area (Å²) in [6, 6.07) is 11.3. The van der Waals surface area contributed by atoms with Crippen LogP contribution < -0.4 is 19.7 Å². The molecular formula is C21H25Cl2N3O3. The average molecular weight is 438 g/mol. The normalized spacial score (nSPS) is 13.9. The first kappa shape index (κ1) is 21.4. The summed E-state index contributed by atoms with van der Waals surface area (Å²) in [6.07, 6.45) is 0.712. The van der Waals surface area contributed by atoms with Crippen molar-refractivity contribution < 1.29 is 14.3 Å². The van der Waals surface area contributed by atoms with Gasteiger partial charge in [0.15, 0.2) is 11.5 Å². The van der Waals surface area contributed by atoms with Gasteiger partial charge >= 0.3 is 6.03 Å². The third-order valence-corrected chi connectivity index (χ3v) is 5.79. The number of carbonyl (C=O) groups excluding carboxylic acids is 1. The first-order valence-corrected chi connectivity index (χ1v) is 10.2. The first-order chi connectivity index (χ1) is 14.0. The fourth-order valence-electron chi connectivity index (χ4n) is 3.35. The Bertz CT molecular complexity index is 855. The summed E-state index contributed by atoms with van der Waals surface area (Å²) in [5.41, 5.74) is 1.98. The molecule has 0 saturated carbocycles. The van der Waals surface area contributed by atoms with Crippen molar-refractivity contribution in [1.82, 2.24) is 10.2 Å². The molecular weight excluding hydrogens is 413 g/mol. The van der Waals surface area contributed by atoms with Gasteiger partial charge in [0.1, 0.15) is 0 Å². The van der Waals surface area contributed by atoms with E-state index >= 15 is 0 Å². The SMILES string of the molecule is COc1ccc(CCNC(=O)N2CCN(c3cccc(Cl)c3Cl)CC2)cc1OC. The highest BCUT2D eigenvalue weighted by molar-refractivity contribution is 6.43. The number of hydrogen-bond donors (Lipinski definition) is 1. The Labute approximate surface area is 181 Å². The zero-order valence-electron chi connectivity index (χ0n) is 16.6. The van der Waals surface area contributed by atoms with Gasteiger partial charge in [-0.15, -0.1) is 0 Å². The van der Waals surface area contributed by atoms with Crippen molar-refractivity contribution in [2.45, 2.75) is 6.42 Å². The van der Waals surface area contributed by atoms with Crippen LogP contribution in [-0.4, -0.2) is 57.9 Å². The van der Waals surface area contributed by atoms with Crippen LogP contribution in [-0.2, 0) is 6.42 Å². The van der Waals surface area contributed by atoms with Crippen LogP contribution in [0.4, 0.5) is 10.5 Å². The van der Waals surface area contributed by atoms with Crippen LogP contribution >= 0.6 is 23.2 Å². The zero-order valence-corrected chi connectivity index (χ0v) is 18.1. The number of piperazine rings is 1. The summed E-state index contributed by atoms with van der Waals surface area (Å²) in [5, 5.41) is 4.09. The smallest absolute Gasteiger partial charge is 0.317 e. The van der Waals surface area contributed by atoms with E-state index < -0.39 is 0 Å². The maximum absolute atomic E-state index is 12.5. The molecule has 1 aliphatic rings. The van der Waals surface area contributed by atoms with E-state index in [1.54, 1.807) is 20.3 Å². The fourth-order valence-corrected chi connectivity index (χ4v) is 3.76. The largest absolute Gasteiger partial charge is 0.493 e. The van der Waals surface area contributed by atoms with Gasteiger partial charge in [0.25, 0.3) is 0 Å². The highest BCUT2D eigenvalue weighted by Crippen LogP contribution is 2.33. The van der Waals surface area contributed by atoms with Gasteiger partial charge in [-0.1, -0.05) is 35.3 Å². The number of carbonyl (C=O) groups is 1.